The van der Waals surface area contributed by atoms with Gasteiger partial charge in [0, 0.05) is 34.5 Å². The molecule has 31 heavy (non-hydrogen) atoms. The van der Waals surface area contributed by atoms with Crippen molar-refractivity contribution in [3.63, 3.8) is 0 Å². The molecule has 2 aromatic carbocycles. The number of benzene rings is 2. The molecule has 0 saturated heterocycles. The van der Waals surface area contributed by atoms with E-state index in [1.807, 2.05) is 19.9 Å². The summed E-state index contributed by atoms with van der Waals surface area (Å²) in [6.45, 7) is 3.81. The van der Waals surface area contributed by atoms with Gasteiger partial charge in [0.05, 0.1) is 18.9 Å². The number of ether oxygens (including phenoxy) is 1. The van der Waals surface area contributed by atoms with Gasteiger partial charge in [-0.05, 0) is 61.7 Å². The van der Waals surface area contributed by atoms with E-state index in [0.29, 0.717) is 28.0 Å². The normalized spacial score (nSPS) is 11.1. The average Bonchev–Trinajstić information content (AvgIpc) is 3.12. The second-order valence-electron chi connectivity index (χ2n) is 7.37. The van der Waals surface area contributed by atoms with E-state index in [2.05, 4.69) is 10.1 Å². The topological polar surface area (TPSA) is 98.8 Å². The number of hydrogen-bond acceptors (Lipinski definition) is 6. The molecule has 4 rings (SSSR count). The molecule has 0 unspecified atom stereocenters. The standard InChI is InChI=1S/C24H21NO6/c1-13-12-30-20-11-21-19(10-18(13)20)14(2)17(24(28)31-21)8-9-22(26)25-16-6-4-15(5-7-16)23(27)29-3/h4-7,10-12H,8-9H2,1-3H3,(H,25,26). The molecule has 0 spiro atoms. The van der Waals surface area contributed by atoms with Crippen LogP contribution in [0.3, 0.4) is 0 Å². The fraction of sp³-hybridized carbons (Fsp3) is 0.208. The van der Waals surface area contributed by atoms with Crippen molar-refractivity contribution in [2.45, 2.75) is 26.7 Å². The summed E-state index contributed by atoms with van der Waals surface area (Å²) in [5.41, 5.74) is 3.89. The van der Waals surface area contributed by atoms with Gasteiger partial charge >= 0.3 is 11.6 Å². The Morgan fingerprint density at radius 3 is 2.48 bits per heavy atom. The molecule has 0 aliphatic carbocycles. The van der Waals surface area contributed by atoms with E-state index in [4.69, 9.17) is 8.83 Å². The van der Waals surface area contributed by atoms with Crippen molar-refractivity contribution in [1.29, 1.82) is 0 Å². The van der Waals surface area contributed by atoms with Crippen LogP contribution in [0, 0.1) is 13.8 Å². The summed E-state index contributed by atoms with van der Waals surface area (Å²) in [5, 5.41) is 4.55. The lowest BCUT2D eigenvalue weighted by Crippen LogP contribution is -2.16. The van der Waals surface area contributed by atoms with Gasteiger partial charge in [-0.15, -0.1) is 0 Å². The zero-order chi connectivity index (χ0) is 22.1. The number of hydrogen-bond donors (Lipinski definition) is 1. The minimum atomic E-state index is -0.456. The first kappa shape index (κ1) is 20.4. The van der Waals surface area contributed by atoms with E-state index in [0.717, 1.165) is 21.9 Å². The highest BCUT2D eigenvalue weighted by Crippen LogP contribution is 2.29. The zero-order valence-corrected chi connectivity index (χ0v) is 17.4. The predicted octanol–water partition coefficient (Wildman–Crippen LogP) is 4.51. The van der Waals surface area contributed by atoms with Crippen LogP contribution < -0.4 is 10.9 Å². The summed E-state index contributed by atoms with van der Waals surface area (Å²) in [4.78, 5) is 36.4. The maximum absolute atomic E-state index is 12.5. The molecule has 0 aliphatic heterocycles. The third kappa shape index (κ3) is 3.94. The third-order valence-electron chi connectivity index (χ3n) is 5.37. The number of furan rings is 1. The molecular weight excluding hydrogens is 398 g/mol. The van der Waals surface area contributed by atoms with Gasteiger partial charge < -0.3 is 18.9 Å². The molecule has 0 saturated carbocycles. The molecule has 0 atom stereocenters. The molecule has 2 aromatic heterocycles. The Kier molecular flexibility index (Phi) is 5.33. The molecule has 158 valence electrons. The maximum atomic E-state index is 12.5. The number of methoxy groups -OCH3 is 1. The quantitative estimate of drug-likeness (QED) is 0.377. The molecule has 2 heterocycles. The summed E-state index contributed by atoms with van der Waals surface area (Å²) in [7, 11) is 1.31. The van der Waals surface area contributed by atoms with Gasteiger partial charge in [-0.3, -0.25) is 4.79 Å². The van der Waals surface area contributed by atoms with Crippen LogP contribution in [0.2, 0.25) is 0 Å². The summed E-state index contributed by atoms with van der Waals surface area (Å²) >= 11 is 0. The van der Waals surface area contributed by atoms with Crippen LogP contribution in [0.15, 0.2) is 56.3 Å². The molecule has 0 fully saturated rings. The second-order valence-corrected chi connectivity index (χ2v) is 7.37. The Morgan fingerprint density at radius 1 is 1.03 bits per heavy atom. The lowest BCUT2D eigenvalue weighted by molar-refractivity contribution is -0.116. The Labute approximate surface area is 177 Å². The van der Waals surface area contributed by atoms with E-state index in [1.54, 1.807) is 36.6 Å². The summed E-state index contributed by atoms with van der Waals surface area (Å²) in [6, 6.07) is 10.1. The van der Waals surface area contributed by atoms with E-state index < -0.39 is 11.6 Å². The van der Waals surface area contributed by atoms with Crippen LogP contribution >= 0.6 is 0 Å². The summed E-state index contributed by atoms with van der Waals surface area (Å²) in [6.07, 6.45) is 2.03. The molecular formula is C24H21NO6. The molecule has 0 bridgehead atoms. The van der Waals surface area contributed by atoms with E-state index in [-0.39, 0.29) is 18.7 Å². The van der Waals surface area contributed by atoms with Crippen LogP contribution in [-0.4, -0.2) is 19.0 Å². The van der Waals surface area contributed by atoms with Gasteiger partial charge in [-0.1, -0.05) is 0 Å². The minimum absolute atomic E-state index is 0.114. The molecule has 7 nitrogen and oxygen atoms in total. The number of carbonyl (C=O) groups excluding carboxylic acids is 2. The number of aryl methyl sites for hydroxylation is 2. The fourth-order valence-electron chi connectivity index (χ4n) is 3.60. The fourth-order valence-corrected chi connectivity index (χ4v) is 3.60. The molecule has 4 aromatic rings. The van der Waals surface area contributed by atoms with E-state index >= 15 is 0 Å². The van der Waals surface area contributed by atoms with E-state index in [9.17, 15) is 14.4 Å². The van der Waals surface area contributed by atoms with Crippen molar-refractivity contribution >= 4 is 39.5 Å². The molecule has 0 radical (unpaired) electrons. The molecule has 1 amide bonds. The van der Waals surface area contributed by atoms with E-state index in [1.165, 1.54) is 7.11 Å². The smallest absolute Gasteiger partial charge is 0.339 e. The number of carbonyl (C=O) groups is 2. The Bertz CT molecular complexity index is 1360. The molecule has 7 heteroatoms. The second kappa shape index (κ2) is 8.10. The lowest BCUT2D eigenvalue weighted by atomic mass is 10.0. The van der Waals surface area contributed by atoms with Gasteiger partial charge in [-0.2, -0.15) is 0 Å². The summed E-state index contributed by atoms with van der Waals surface area (Å²) in [5.74, 6) is -0.690. The highest BCUT2D eigenvalue weighted by Gasteiger charge is 2.15. The van der Waals surface area contributed by atoms with Crippen molar-refractivity contribution in [3.8, 4) is 0 Å². The van der Waals surface area contributed by atoms with Gasteiger partial charge in [0.1, 0.15) is 11.2 Å². The number of rotatable bonds is 5. The average molecular weight is 419 g/mol. The summed E-state index contributed by atoms with van der Waals surface area (Å²) < 4.78 is 15.6. The Balaban J connectivity index is 1.52. The first-order valence-electron chi connectivity index (χ1n) is 9.79. The number of nitrogens with one attached hydrogen (secondary N) is 1. The van der Waals surface area contributed by atoms with Crippen molar-refractivity contribution < 1.29 is 23.2 Å². The van der Waals surface area contributed by atoms with Crippen LogP contribution in [0.4, 0.5) is 5.69 Å². The van der Waals surface area contributed by atoms with Crippen molar-refractivity contribution in [3.05, 3.63) is 75.3 Å². The number of fused-ring (bicyclic) bond motifs is 2. The number of esters is 1. The highest BCUT2D eigenvalue weighted by molar-refractivity contribution is 5.96. The first-order valence-corrected chi connectivity index (χ1v) is 9.79. The lowest BCUT2D eigenvalue weighted by Gasteiger charge is -2.09. The Hall–Kier alpha value is -3.87. The van der Waals surface area contributed by atoms with Crippen LogP contribution in [0.25, 0.3) is 21.9 Å². The monoisotopic (exact) mass is 419 g/mol. The predicted molar refractivity (Wildman–Crippen MR) is 116 cm³/mol. The zero-order valence-electron chi connectivity index (χ0n) is 17.4. The molecule has 1 N–H and O–H groups in total. The SMILES string of the molecule is COC(=O)c1ccc(NC(=O)CCc2c(C)c3cc4c(C)coc4cc3oc2=O)cc1. The van der Waals surface area contributed by atoms with Gasteiger partial charge in [0.25, 0.3) is 0 Å². The third-order valence-corrected chi connectivity index (χ3v) is 5.37. The first-order chi connectivity index (χ1) is 14.9. The van der Waals surface area contributed by atoms with Gasteiger partial charge in [0.15, 0.2) is 0 Å². The van der Waals surface area contributed by atoms with Gasteiger partial charge in [0.2, 0.25) is 5.91 Å². The maximum Gasteiger partial charge on any atom is 0.339 e. The van der Waals surface area contributed by atoms with Crippen LogP contribution in [-0.2, 0) is 16.0 Å². The number of amides is 1. The van der Waals surface area contributed by atoms with Crippen LogP contribution in [0.5, 0.6) is 0 Å². The molecule has 0 aliphatic rings. The van der Waals surface area contributed by atoms with Crippen molar-refractivity contribution in [1.82, 2.24) is 0 Å². The van der Waals surface area contributed by atoms with Gasteiger partial charge in [-0.25, -0.2) is 9.59 Å². The van der Waals surface area contributed by atoms with Crippen LogP contribution in [0.1, 0.15) is 33.5 Å². The minimum Gasteiger partial charge on any atom is -0.465 e. The largest absolute Gasteiger partial charge is 0.465 e. The van der Waals surface area contributed by atoms with Crippen molar-refractivity contribution in [2.75, 3.05) is 12.4 Å². The van der Waals surface area contributed by atoms with Crippen molar-refractivity contribution in [2.24, 2.45) is 0 Å². The highest BCUT2D eigenvalue weighted by atomic mass is 16.5. The Morgan fingerprint density at radius 2 is 1.77 bits per heavy atom. The number of anilines is 1.